The average molecular weight is 339 g/mol. The van der Waals surface area contributed by atoms with Gasteiger partial charge < -0.3 is 0 Å². The van der Waals surface area contributed by atoms with E-state index in [-0.39, 0.29) is 5.41 Å². The molecule has 0 spiro atoms. The van der Waals surface area contributed by atoms with E-state index in [1.807, 2.05) is 13.0 Å². The number of nitrogens with zero attached hydrogens (tertiary/aromatic N) is 3. The molecule has 2 heterocycles. The third-order valence-electron chi connectivity index (χ3n) is 3.81. The number of nitrogen functional groups attached to an aromatic ring is 1. The normalized spacial score (nSPS) is 11.5. The molecule has 5 nitrogen and oxygen atoms in total. The van der Waals surface area contributed by atoms with Crippen LogP contribution in [0.3, 0.4) is 0 Å². The SMILES string of the molecule is Cc1nc(-c2ccc(C(C)(C)C)cc2)sc1-c1ccnc(NN)n1. The van der Waals surface area contributed by atoms with Crippen molar-refractivity contribution in [2.75, 3.05) is 5.43 Å². The van der Waals surface area contributed by atoms with Gasteiger partial charge in [-0.25, -0.2) is 20.8 Å². The van der Waals surface area contributed by atoms with E-state index in [2.05, 4.69) is 60.4 Å². The number of hydrazine groups is 1. The monoisotopic (exact) mass is 339 g/mol. The van der Waals surface area contributed by atoms with Gasteiger partial charge in [0.1, 0.15) is 5.01 Å². The van der Waals surface area contributed by atoms with Crippen LogP contribution in [0.15, 0.2) is 36.5 Å². The molecule has 24 heavy (non-hydrogen) atoms. The van der Waals surface area contributed by atoms with Gasteiger partial charge >= 0.3 is 0 Å². The number of rotatable bonds is 3. The zero-order valence-corrected chi connectivity index (χ0v) is 15.1. The minimum atomic E-state index is 0.148. The summed E-state index contributed by atoms with van der Waals surface area (Å²) in [6, 6.07) is 10.5. The largest absolute Gasteiger partial charge is 0.292 e. The van der Waals surface area contributed by atoms with E-state index in [1.165, 1.54) is 5.56 Å². The molecule has 0 atom stereocenters. The van der Waals surface area contributed by atoms with E-state index in [0.29, 0.717) is 5.95 Å². The topological polar surface area (TPSA) is 76.7 Å². The van der Waals surface area contributed by atoms with Gasteiger partial charge in [0.25, 0.3) is 0 Å². The number of aromatic nitrogens is 3. The number of hydrogen-bond donors (Lipinski definition) is 2. The lowest BCUT2D eigenvalue weighted by molar-refractivity contribution is 0.590. The number of benzene rings is 1. The van der Waals surface area contributed by atoms with Crippen LogP contribution >= 0.6 is 11.3 Å². The fourth-order valence-corrected chi connectivity index (χ4v) is 3.47. The molecule has 0 bridgehead atoms. The summed E-state index contributed by atoms with van der Waals surface area (Å²) in [6.45, 7) is 8.64. The van der Waals surface area contributed by atoms with Gasteiger partial charge in [0.05, 0.1) is 16.3 Å². The summed E-state index contributed by atoms with van der Waals surface area (Å²) in [5.41, 5.74) is 6.84. The summed E-state index contributed by atoms with van der Waals surface area (Å²) >= 11 is 1.63. The molecule has 3 N–H and O–H groups in total. The first kappa shape index (κ1) is 16.5. The van der Waals surface area contributed by atoms with E-state index < -0.39 is 0 Å². The number of hydrogen-bond acceptors (Lipinski definition) is 6. The quantitative estimate of drug-likeness (QED) is 0.553. The Balaban J connectivity index is 1.96. The highest BCUT2D eigenvalue weighted by Crippen LogP contribution is 2.35. The van der Waals surface area contributed by atoms with Crippen LogP contribution in [-0.2, 0) is 5.41 Å². The Labute approximate surface area is 146 Å². The van der Waals surface area contributed by atoms with Crippen LogP contribution in [0.4, 0.5) is 5.95 Å². The molecule has 0 aliphatic carbocycles. The predicted molar refractivity (Wildman–Crippen MR) is 99.8 cm³/mol. The molecule has 1 aromatic carbocycles. The van der Waals surface area contributed by atoms with Crippen molar-refractivity contribution < 1.29 is 0 Å². The molecular weight excluding hydrogens is 318 g/mol. The van der Waals surface area contributed by atoms with E-state index in [4.69, 9.17) is 10.8 Å². The fraction of sp³-hybridized carbons (Fsp3) is 0.278. The maximum atomic E-state index is 5.39. The molecule has 6 heteroatoms. The molecular formula is C18H21N5S. The van der Waals surface area contributed by atoms with Crippen molar-refractivity contribution in [3.63, 3.8) is 0 Å². The van der Waals surface area contributed by atoms with E-state index in [1.54, 1.807) is 17.5 Å². The number of nitrogens with two attached hydrogens (primary N) is 1. The highest BCUT2D eigenvalue weighted by molar-refractivity contribution is 7.18. The summed E-state index contributed by atoms with van der Waals surface area (Å²) in [7, 11) is 0. The Kier molecular flexibility index (Phi) is 4.34. The lowest BCUT2D eigenvalue weighted by Crippen LogP contribution is -2.10. The molecule has 0 saturated heterocycles. The van der Waals surface area contributed by atoms with Crippen LogP contribution in [0, 0.1) is 6.92 Å². The maximum Gasteiger partial charge on any atom is 0.237 e. The van der Waals surface area contributed by atoms with Gasteiger partial charge in [-0.3, -0.25) is 5.43 Å². The number of anilines is 1. The van der Waals surface area contributed by atoms with Crippen LogP contribution in [0.25, 0.3) is 21.1 Å². The van der Waals surface area contributed by atoms with Crippen molar-refractivity contribution in [1.29, 1.82) is 0 Å². The highest BCUT2D eigenvalue weighted by atomic mass is 32.1. The Morgan fingerprint density at radius 2 is 1.75 bits per heavy atom. The Morgan fingerprint density at radius 3 is 2.38 bits per heavy atom. The maximum absolute atomic E-state index is 5.39. The standard InChI is InChI=1S/C18H21N5S/c1-11-15(14-9-10-20-17(22-14)23-19)24-16(21-11)12-5-7-13(8-6-12)18(2,3)4/h5-10H,19H2,1-4H3,(H,20,22,23). The van der Waals surface area contributed by atoms with Crippen LogP contribution in [-0.4, -0.2) is 15.0 Å². The second-order valence-electron chi connectivity index (χ2n) is 6.67. The van der Waals surface area contributed by atoms with Crippen LogP contribution < -0.4 is 11.3 Å². The molecule has 0 radical (unpaired) electrons. The van der Waals surface area contributed by atoms with Gasteiger partial charge in [-0.05, 0) is 24.0 Å². The molecule has 124 valence electrons. The van der Waals surface area contributed by atoms with Crippen molar-refractivity contribution in [3.8, 4) is 21.1 Å². The average Bonchev–Trinajstić information content (AvgIpc) is 2.96. The van der Waals surface area contributed by atoms with E-state index >= 15 is 0 Å². The predicted octanol–water partition coefficient (Wildman–Crippen LogP) is 4.16. The second kappa shape index (κ2) is 6.30. The first-order chi connectivity index (χ1) is 11.4. The Bertz CT molecular complexity index is 847. The first-order valence-corrected chi connectivity index (χ1v) is 8.58. The molecule has 0 amide bonds. The van der Waals surface area contributed by atoms with Crippen LogP contribution in [0.2, 0.25) is 0 Å². The molecule has 2 aromatic heterocycles. The van der Waals surface area contributed by atoms with Crippen LogP contribution in [0.5, 0.6) is 0 Å². The number of aryl methyl sites for hydroxylation is 1. The Morgan fingerprint density at radius 1 is 1.04 bits per heavy atom. The third kappa shape index (κ3) is 3.29. The fourth-order valence-electron chi connectivity index (χ4n) is 2.43. The minimum absolute atomic E-state index is 0.148. The highest BCUT2D eigenvalue weighted by Gasteiger charge is 2.16. The van der Waals surface area contributed by atoms with Gasteiger partial charge in [-0.15, -0.1) is 11.3 Å². The van der Waals surface area contributed by atoms with Crippen molar-refractivity contribution in [1.82, 2.24) is 15.0 Å². The molecule has 0 aliphatic heterocycles. The zero-order valence-electron chi connectivity index (χ0n) is 14.3. The molecule has 0 fully saturated rings. The zero-order chi connectivity index (χ0) is 17.3. The van der Waals surface area contributed by atoms with Gasteiger partial charge in [-0.2, -0.15) is 0 Å². The second-order valence-corrected chi connectivity index (χ2v) is 7.67. The summed E-state index contributed by atoms with van der Waals surface area (Å²) < 4.78 is 0. The number of nitrogens with one attached hydrogen (secondary N) is 1. The van der Waals surface area contributed by atoms with E-state index in [9.17, 15) is 0 Å². The molecule has 3 aromatic rings. The van der Waals surface area contributed by atoms with Crippen molar-refractivity contribution >= 4 is 17.3 Å². The van der Waals surface area contributed by atoms with Gasteiger partial charge in [0.2, 0.25) is 5.95 Å². The molecule has 0 aliphatic rings. The number of thiazole rings is 1. The van der Waals surface area contributed by atoms with Gasteiger partial charge in [0, 0.05) is 11.8 Å². The van der Waals surface area contributed by atoms with E-state index in [0.717, 1.165) is 26.8 Å². The molecule has 0 saturated carbocycles. The lowest BCUT2D eigenvalue weighted by Gasteiger charge is -2.18. The van der Waals surface area contributed by atoms with Crippen molar-refractivity contribution in [3.05, 3.63) is 47.8 Å². The summed E-state index contributed by atoms with van der Waals surface area (Å²) in [6.07, 6.45) is 1.69. The van der Waals surface area contributed by atoms with Gasteiger partial charge in [-0.1, -0.05) is 45.0 Å². The van der Waals surface area contributed by atoms with Crippen LogP contribution in [0.1, 0.15) is 32.0 Å². The molecule has 3 rings (SSSR count). The summed E-state index contributed by atoms with van der Waals surface area (Å²) in [5, 5.41) is 0.990. The smallest absolute Gasteiger partial charge is 0.237 e. The first-order valence-electron chi connectivity index (χ1n) is 7.77. The lowest BCUT2D eigenvalue weighted by atomic mass is 9.87. The van der Waals surface area contributed by atoms with Crippen molar-refractivity contribution in [2.45, 2.75) is 33.1 Å². The minimum Gasteiger partial charge on any atom is -0.292 e. The van der Waals surface area contributed by atoms with Gasteiger partial charge in [0.15, 0.2) is 0 Å². The Hall–Kier alpha value is -2.31. The summed E-state index contributed by atoms with van der Waals surface area (Å²) in [5.74, 6) is 5.79. The molecule has 0 unspecified atom stereocenters. The third-order valence-corrected chi connectivity index (χ3v) is 5.04. The van der Waals surface area contributed by atoms with Crippen molar-refractivity contribution in [2.24, 2.45) is 5.84 Å². The summed E-state index contributed by atoms with van der Waals surface area (Å²) in [4.78, 5) is 14.2.